The Kier molecular flexibility index (Phi) is 6.87. The summed E-state index contributed by atoms with van der Waals surface area (Å²) in [5.41, 5.74) is 1.55. The van der Waals surface area contributed by atoms with Gasteiger partial charge in [-0.05, 0) is 24.3 Å². The summed E-state index contributed by atoms with van der Waals surface area (Å²) < 4.78 is 22.5. The number of aromatic nitrogens is 3. The van der Waals surface area contributed by atoms with Crippen molar-refractivity contribution in [3.63, 3.8) is 0 Å². The van der Waals surface area contributed by atoms with E-state index in [-0.39, 0.29) is 6.54 Å². The number of hydrogen-bond acceptors (Lipinski definition) is 10. The summed E-state index contributed by atoms with van der Waals surface area (Å²) in [5, 5.41) is 5.83. The molecule has 4 aromatic rings. The summed E-state index contributed by atoms with van der Waals surface area (Å²) in [6.07, 6.45) is 3.10. The first-order valence-electron chi connectivity index (χ1n) is 10.0. The highest BCUT2D eigenvalue weighted by Crippen LogP contribution is 2.40. The van der Waals surface area contributed by atoms with E-state index in [9.17, 15) is 4.79 Å². The summed E-state index contributed by atoms with van der Waals surface area (Å²) in [5.74, 6) is 2.80. The van der Waals surface area contributed by atoms with Crippen LogP contribution in [-0.4, -0.2) is 46.6 Å². The lowest BCUT2D eigenvalue weighted by atomic mass is 10.2. The Labute approximate surface area is 200 Å². The molecule has 0 saturated heterocycles. The zero-order chi connectivity index (χ0) is 24.1. The normalized spacial score (nSPS) is 10.6. The highest BCUT2D eigenvalue weighted by Gasteiger charge is 2.15. The van der Waals surface area contributed by atoms with Crippen LogP contribution in [0, 0.1) is 0 Å². The third-order valence-electron chi connectivity index (χ3n) is 4.70. The second-order valence-corrected chi connectivity index (χ2v) is 7.38. The van der Waals surface area contributed by atoms with Crippen LogP contribution in [0.4, 0.5) is 22.1 Å². The van der Waals surface area contributed by atoms with Crippen molar-refractivity contribution in [1.29, 1.82) is 0 Å². The lowest BCUT2D eigenvalue weighted by Crippen LogP contribution is -2.27. The van der Waals surface area contributed by atoms with Crippen LogP contribution < -0.4 is 24.8 Å². The van der Waals surface area contributed by atoms with Crippen molar-refractivity contribution in [2.45, 2.75) is 6.54 Å². The number of nitrogens with zero attached hydrogens (tertiary/aromatic N) is 4. The van der Waals surface area contributed by atoms with Crippen molar-refractivity contribution in [3.8, 4) is 17.2 Å². The standard InChI is InChI=1S/C22H22N6O5S/c1-30-16-9-13(10-17(31-2)20(16)32-3)24-19-11-23-15-6-7-18(25-21(15)26-19)27-22(29)28(34)12-14-5-4-8-33-14/h4-11,34H,12H2,1-3H3,(H2,24,25,26,27,29). The van der Waals surface area contributed by atoms with Crippen LogP contribution in [0.5, 0.6) is 17.2 Å². The minimum Gasteiger partial charge on any atom is -0.493 e. The van der Waals surface area contributed by atoms with Gasteiger partial charge in [0.05, 0.1) is 40.3 Å². The molecule has 4 rings (SSSR count). The maximum Gasteiger partial charge on any atom is 0.333 e. The van der Waals surface area contributed by atoms with E-state index >= 15 is 0 Å². The smallest absolute Gasteiger partial charge is 0.333 e. The molecule has 0 atom stereocenters. The van der Waals surface area contributed by atoms with Crippen LogP contribution in [0.2, 0.25) is 0 Å². The van der Waals surface area contributed by atoms with Crippen molar-refractivity contribution >= 4 is 47.3 Å². The van der Waals surface area contributed by atoms with Gasteiger partial charge in [0.25, 0.3) is 0 Å². The number of furan rings is 1. The molecule has 11 nitrogen and oxygen atoms in total. The van der Waals surface area contributed by atoms with E-state index in [1.54, 1.807) is 42.6 Å². The molecule has 0 aliphatic carbocycles. The van der Waals surface area contributed by atoms with Gasteiger partial charge in [-0.3, -0.25) is 9.62 Å². The van der Waals surface area contributed by atoms with Gasteiger partial charge in [0.2, 0.25) is 5.75 Å². The number of benzene rings is 1. The summed E-state index contributed by atoms with van der Waals surface area (Å²) >= 11 is 4.20. The second kappa shape index (κ2) is 10.2. The van der Waals surface area contributed by atoms with E-state index in [0.29, 0.717) is 51.5 Å². The van der Waals surface area contributed by atoms with E-state index < -0.39 is 6.03 Å². The van der Waals surface area contributed by atoms with E-state index in [4.69, 9.17) is 18.6 Å². The second-order valence-electron chi connectivity index (χ2n) is 6.90. The number of anilines is 3. The first kappa shape index (κ1) is 23.0. The van der Waals surface area contributed by atoms with E-state index in [2.05, 4.69) is 38.4 Å². The number of amides is 2. The monoisotopic (exact) mass is 482 g/mol. The number of urea groups is 1. The van der Waals surface area contributed by atoms with Crippen LogP contribution in [0.3, 0.4) is 0 Å². The minimum absolute atomic E-state index is 0.193. The van der Waals surface area contributed by atoms with Crippen LogP contribution in [0.15, 0.2) is 53.3 Å². The van der Waals surface area contributed by atoms with Crippen LogP contribution in [0.1, 0.15) is 5.76 Å². The van der Waals surface area contributed by atoms with Gasteiger partial charge in [-0.1, -0.05) is 12.8 Å². The Hall–Kier alpha value is -4.19. The van der Waals surface area contributed by atoms with E-state index in [1.165, 1.54) is 31.9 Å². The summed E-state index contributed by atoms with van der Waals surface area (Å²) in [7, 11) is 4.61. The molecule has 0 aliphatic heterocycles. The maximum atomic E-state index is 12.4. The molecule has 0 aliphatic rings. The molecule has 176 valence electrons. The summed E-state index contributed by atoms with van der Waals surface area (Å²) in [6, 6.07) is 9.87. The van der Waals surface area contributed by atoms with Crippen LogP contribution >= 0.6 is 12.8 Å². The predicted molar refractivity (Wildman–Crippen MR) is 129 cm³/mol. The predicted octanol–water partition coefficient (Wildman–Crippen LogP) is 4.27. The van der Waals surface area contributed by atoms with E-state index in [1.807, 2.05) is 0 Å². The largest absolute Gasteiger partial charge is 0.493 e. The Bertz CT molecular complexity index is 1280. The van der Waals surface area contributed by atoms with Crippen molar-refractivity contribution in [2.75, 3.05) is 32.0 Å². The Morgan fingerprint density at radius 3 is 2.44 bits per heavy atom. The van der Waals surface area contributed by atoms with Gasteiger partial charge in [-0.25, -0.2) is 19.7 Å². The first-order valence-corrected chi connectivity index (χ1v) is 10.4. The number of fused-ring (bicyclic) bond motifs is 1. The number of ether oxygens (including phenoxy) is 3. The highest BCUT2D eigenvalue weighted by molar-refractivity contribution is 7.78. The molecule has 34 heavy (non-hydrogen) atoms. The zero-order valence-electron chi connectivity index (χ0n) is 18.6. The average Bonchev–Trinajstić information content (AvgIpc) is 3.36. The molecule has 1 aromatic carbocycles. The number of nitrogens with one attached hydrogen (secondary N) is 2. The maximum absolute atomic E-state index is 12.4. The molecule has 2 N–H and O–H groups in total. The Morgan fingerprint density at radius 2 is 1.79 bits per heavy atom. The number of carbonyl (C=O) groups is 1. The molecule has 0 spiro atoms. The fourth-order valence-corrected chi connectivity index (χ4v) is 3.31. The third kappa shape index (κ3) is 5.07. The van der Waals surface area contributed by atoms with Crippen molar-refractivity contribution in [2.24, 2.45) is 0 Å². The Morgan fingerprint density at radius 1 is 1.06 bits per heavy atom. The topological polar surface area (TPSA) is 124 Å². The van der Waals surface area contributed by atoms with Gasteiger partial charge in [0.15, 0.2) is 23.0 Å². The molecule has 0 saturated carbocycles. The summed E-state index contributed by atoms with van der Waals surface area (Å²) in [4.78, 5) is 25.7. The lowest BCUT2D eigenvalue weighted by Gasteiger charge is -2.15. The van der Waals surface area contributed by atoms with Crippen molar-refractivity contribution in [3.05, 3.63) is 54.6 Å². The molecule has 0 radical (unpaired) electrons. The zero-order valence-corrected chi connectivity index (χ0v) is 19.5. The average molecular weight is 483 g/mol. The number of hydrogen-bond donors (Lipinski definition) is 3. The minimum atomic E-state index is -0.466. The van der Waals surface area contributed by atoms with Crippen LogP contribution in [0.25, 0.3) is 11.2 Å². The van der Waals surface area contributed by atoms with Gasteiger partial charge < -0.3 is 23.9 Å². The molecule has 2 amide bonds. The lowest BCUT2D eigenvalue weighted by molar-refractivity contribution is 0.236. The molecule has 0 bridgehead atoms. The molecule has 12 heteroatoms. The third-order valence-corrected chi connectivity index (χ3v) is 5.02. The number of carbonyl (C=O) groups excluding carboxylic acids is 1. The molecule has 3 aromatic heterocycles. The number of pyridine rings is 1. The fourth-order valence-electron chi connectivity index (χ4n) is 3.12. The van der Waals surface area contributed by atoms with Gasteiger partial charge >= 0.3 is 6.03 Å². The number of thiol groups is 1. The number of methoxy groups -OCH3 is 3. The van der Waals surface area contributed by atoms with Crippen LogP contribution in [-0.2, 0) is 6.54 Å². The number of rotatable bonds is 8. The molecule has 3 heterocycles. The molecule has 0 unspecified atom stereocenters. The SMILES string of the molecule is COc1cc(Nc2cnc3ccc(NC(=O)N(S)Cc4ccco4)nc3n2)cc(OC)c1OC. The van der Waals surface area contributed by atoms with Gasteiger partial charge in [0, 0.05) is 17.8 Å². The van der Waals surface area contributed by atoms with Gasteiger partial charge in [0.1, 0.15) is 17.1 Å². The molecular formula is C22H22N6O5S. The molecular weight excluding hydrogens is 460 g/mol. The van der Waals surface area contributed by atoms with E-state index in [0.717, 1.165) is 0 Å². The molecule has 0 fully saturated rings. The summed E-state index contributed by atoms with van der Waals surface area (Å²) in [6.45, 7) is 0.193. The van der Waals surface area contributed by atoms with Gasteiger partial charge in [-0.15, -0.1) is 0 Å². The first-order chi connectivity index (χ1) is 16.5. The fraction of sp³-hybridized carbons (Fsp3) is 0.182. The van der Waals surface area contributed by atoms with Crippen molar-refractivity contribution < 1.29 is 23.4 Å². The Balaban J connectivity index is 1.53. The quantitative estimate of drug-likeness (QED) is 0.316. The van der Waals surface area contributed by atoms with Crippen molar-refractivity contribution in [1.82, 2.24) is 19.3 Å². The van der Waals surface area contributed by atoms with Gasteiger partial charge in [-0.2, -0.15) is 0 Å². The highest BCUT2D eigenvalue weighted by atomic mass is 32.1.